The number of thiophene rings is 1. The molecule has 3 N–H and O–H groups in total. The van der Waals surface area contributed by atoms with Gasteiger partial charge in [0.05, 0.1) is 6.04 Å². The summed E-state index contributed by atoms with van der Waals surface area (Å²) < 4.78 is 41.4. The van der Waals surface area contributed by atoms with Crippen molar-refractivity contribution >= 4 is 27.3 Å². The number of rotatable bonds is 4. The minimum absolute atomic E-state index is 0.272. The Labute approximate surface area is 125 Å². The van der Waals surface area contributed by atoms with Gasteiger partial charge in [-0.25, -0.2) is 5.43 Å². The molecule has 1 aromatic carbocycles. The van der Waals surface area contributed by atoms with Crippen LogP contribution in [-0.4, -0.2) is 6.36 Å². The van der Waals surface area contributed by atoms with Crippen LogP contribution in [0.2, 0.25) is 0 Å². The Morgan fingerprint density at radius 1 is 1.30 bits per heavy atom. The number of ether oxygens (including phenoxy) is 1. The first-order chi connectivity index (χ1) is 9.39. The maximum atomic E-state index is 12.2. The van der Waals surface area contributed by atoms with Crippen molar-refractivity contribution in [3.63, 3.8) is 0 Å². The summed E-state index contributed by atoms with van der Waals surface area (Å²) in [7, 11) is 0. The van der Waals surface area contributed by atoms with Crippen LogP contribution in [-0.2, 0) is 0 Å². The summed E-state index contributed by atoms with van der Waals surface area (Å²) in [6.45, 7) is 0. The number of nitrogens with two attached hydrogens (primary N) is 1. The second kappa shape index (κ2) is 6.13. The maximum absolute atomic E-state index is 12.2. The summed E-state index contributed by atoms with van der Waals surface area (Å²) in [6.07, 6.45) is -4.71. The van der Waals surface area contributed by atoms with E-state index in [9.17, 15) is 13.2 Å². The number of hydrogen-bond acceptors (Lipinski definition) is 4. The van der Waals surface area contributed by atoms with Crippen molar-refractivity contribution in [2.24, 2.45) is 5.84 Å². The Balaban J connectivity index is 2.29. The molecule has 0 fully saturated rings. The number of alkyl halides is 3. The number of hydrazine groups is 1. The lowest BCUT2D eigenvalue weighted by Crippen LogP contribution is -2.28. The van der Waals surface area contributed by atoms with Gasteiger partial charge in [-0.3, -0.25) is 5.84 Å². The third-order valence-electron chi connectivity index (χ3n) is 2.46. The Hall–Kier alpha value is -1.09. The van der Waals surface area contributed by atoms with E-state index >= 15 is 0 Å². The summed E-state index contributed by atoms with van der Waals surface area (Å²) in [6, 6.07) is 7.18. The van der Waals surface area contributed by atoms with E-state index in [2.05, 4.69) is 26.1 Å². The Kier molecular flexibility index (Phi) is 4.69. The van der Waals surface area contributed by atoms with Crippen LogP contribution in [0.5, 0.6) is 5.75 Å². The molecule has 0 aliphatic heterocycles. The molecule has 0 amide bonds. The smallest absolute Gasteiger partial charge is 0.406 e. The van der Waals surface area contributed by atoms with E-state index in [0.717, 1.165) is 9.35 Å². The lowest BCUT2D eigenvalue weighted by atomic mass is 10.1. The molecule has 0 saturated carbocycles. The average Bonchev–Trinajstić information content (AvgIpc) is 2.75. The van der Waals surface area contributed by atoms with Gasteiger partial charge in [0, 0.05) is 14.7 Å². The average molecular weight is 367 g/mol. The third-order valence-corrected chi connectivity index (χ3v) is 4.22. The maximum Gasteiger partial charge on any atom is 0.573 e. The predicted molar refractivity (Wildman–Crippen MR) is 74.3 cm³/mol. The Morgan fingerprint density at radius 3 is 2.60 bits per heavy atom. The van der Waals surface area contributed by atoms with Crippen molar-refractivity contribution in [3.8, 4) is 5.75 Å². The minimum atomic E-state index is -4.71. The molecule has 0 saturated heterocycles. The van der Waals surface area contributed by atoms with Gasteiger partial charge < -0.3 is 4.74 Å². The molecule has 0 aliphatic rings. The summed E-state index contributed by atoms with van der Waals surface area (Å²) >= 11 is 4.77. The lowest BCUT2D eigenvalue weighted by molar-refractivity contribution is -0.274. The highest BCUT2D eigenvalue weighted by Gasteiger charge is 2.31. The van der Waals surface area contributed by atoms with Crippen LogP contribution in [0.15, 0.2) is 40.2 Å². The standard InChI is InChI=1S/C12H10BrF3N2OS/c13-8-5-10(20-6-8)11(18-17)7-2-1-3-9(4-7)19-12(14,15)16/h1-6,11,18H,17H2. The molecular formula is C12H10BrF3N2OS. The number of benzene rings is 1. The summed E-state index contributed by atoms with van der Waals surface area (Å²) in [5.41, 5.74) is 3.18. The topological polar surface area (TPSA) is 47.3 Å². The molecule has 108 valence electrons. The van der Waals surface area contributed by atoms with Gasteiger partial charge in [0.2, 0.25) is 0 Å². The first-order valence-corrected chi connectivity index (χ1v) is 7.12. The SMILES string of the molecule is NNC(c1cccc(OC(F)(F)F)c1)c1cc(Br)cs1. The van der Waals surface area contributed by atoms with E-state index in [1.165, 1.54) is 29.5 Å². The van der Waals surface area contributed by atoms with Crippen molar-refractivity contribution in [3.05, 3.63) is 50.6 Å². The Morgan fingerprint density at radius 2 is 2.05 bits per heavy atom. The third kappa shape index (κ3) is 3.95. The summed E-state index contributed by atoms with van der Waals surface area (Å²) in [5.74, 6) is 5.23. The predicted octanol–water partition coefficient (Wildman–Crippen LogP) is 3.96. The van der Waals surface area contributed by atoms with Crippen molar-refractivity contribution in [1.29, 1.82) is 0 Å². The number of nitrogens with one attached hydrogen (secondary N) is 1. The highest BCUT2D eigenvalue weighted by atomic mass is 79.9. The van der Waals surface area contributed by atoms with Gasteiger partial charge in [0.25, 0.3) is 0 Å². The lowest BCUT2D eigenvalue weighted by Gasteiger charge is -2.16. The fraction of sp³-hybridized carbons (Fsp3) is 0.167. The van der Waals surface area contributed by atoms with Gasteiger partial charge in [-0.1, -0.05) is 12.1 Å². The van der Waals surface area contributed by atoms with Crippen LogP contribution >= 0.6 is 27.3 Å². The molecule has 0 aliphatic carbocycles. The van der Waals surface area contributed by atoms with E-state index in [4.69, 9.17) is 5.84 Å². The van der Waals surface area contributed by atoms with Gasteiger partial charge in [-0.2, -0.15) is 0 Å². The molecule has 1 unspecified atom stereocenters. The highest BCUT2D eigenvalue weighted by Crippen LogP contribution is 2.32. The first-order valence-electron chi connectivity index (χ1n) is 5.45. The number of hydrogen-bond donors (Lipinski definition) is 2. The van der Waals surface area contributed by atoms with E-state index < -0.39 is 12.4 Å². The van der Waals surface area contributed by atoms with E-state index in [0.29, 0.717) is 5.56 Å². The molecule has 0 bridgehead atoms. The van der Waals surface area contributed by atoms with Gasteiger partial charge >= 0.3 is 6.36 Å². The number of halogens is 4. The largest absolute Gasteiger partial charge is 0.573 e. The second-order valence-electron chi connectivity index (χ2n) is 3.89. The minimum Gasteiger partial charge on any atom is -0.406 e. The molecule has 0 spiro atoms. The quantitative estimate of drug-likeness (QED) is 0.635. The van der Waals surface area contributed by atoms with E-state index in [1.54, 1.807) is 6.07 Å². The van der Waals surface area contributed by atoms with Gasteiger partial charge in [-0.15, -0.1) is 24.5 Å². The molecule has 3 nitrogen and oxygen atoms in total. The van der Waals surface area contributed by atoms with Crippen LogP contribution in [0.1, 0.15) is 16.5 Å². The molecule has 1 heterocycles. The zero-order chi connectivity index (χ0) is 14.8. The fourth-order valence-electron chi connectivity index (χ4n) is 1.71. The molecule has 20 heavy (non-hydrogen) atoms. The van der Waals surface area contributed by atoms with Crippen LogP contribution in [0.4, 0.5) is 13.2 Å². The van der Waals surface area contributed by atoms with Gasteiger partial charge in [0.15, 0.2) is 0 Å². The fourth-order valence-corrected chi connectivity index (χ4v) is 3.24. The van der Waals surface area contributed by atoms with E-state index in [-0.39, 0.29) is 5.75 Å². The molecular weight excluding hydrogens is 357 g/mol. The second-order valence-corrected chi connectivity index (χ2v) is 5.75. The van der Waals surface area contributed by atoms with Crippen LogP contribution in [0.3, 0.4) is 0 Å². The van der Waals surface area contributed by atoms with Crippen molar-refractivity contribution in [1.82, 2.24) is 5.43 Å². The molecule has 2 rings (SSSR count). The van der Waals surface area contributed by atoms with E-state index in [1.807, 2.05) is 11.4 Å². The first kappa shape index (κ1) is 15.3. The van der Waals surface area contributed by atoms with Crippen molar-refractivity contribution in [2.75, 3.05) is 0 Å². The van der Waals surface area contributed by atoms with Crippen molar-refractivity contribution in [2.45, 2.75) is 12.4 Å². The van der Waals surface area contributed by atoms with Crippen LogP contribution < -0.4 is 16.0 Å². The Bertz CT molecular complexity index is 588. The monoisotopic (exact) mass is 366 g/mol. The molecule has 2 aromatic rings. The van der Waals surface area contributed by atoms with Gasteiger partial charge in [0.1, 0.15) is 5.75 Å². The van der Waals surface area contributed by atoms with Crippen molar-refractivity contribution < 1.29 is 17.9 Å². The summed E-state index contributed by atoms with van der Waals surface area (Å²) in [5, 5.41) is 1.87. The normalized spacial score (nSPS) is 13.2. The van der Waals surface area contributed by atoms with Crippen LogP contribution in [0.25, 0.3) is 0 Å². The van der Waals surface area contributed by atoms with Gasteiger partial charge in [-0.05, 0) is 39.7 Å². The zero-order valence-electron chi connectivity index (χ0n) is 9.95. The summed E-state index contributed by atoms with van der Waals surface area (Å²) in [4.78, 5) is 0.878. The van der Waals surface area contributed by atoms with Crippen LogP contribution in [0, 0.1) is 0 Å². The zero-order valence-corrected chi connectivity index (χ0v) is 12.3. The molecule has 0 radical (unpaired) electrons. The molecule has 1 atom stereocenters. The molecule has 1 aromatic heterocycles. The highest BCUT2D eigenvalue weighted by molar-refractivity contribution is 9.10. The molecule has 8 heteroatoms.